The van der Waals surface area contributed by atoms with Crippen molar-refractivity contribution in [2.24, 2.45) is 46.8 Å². The summed E-state index contributed by atoms with van der Waals surface area (Å²) in [7, 11) is 0. The molecular formula is C28H46O. The molecule has 0 aromatic heterocycles. The van der Waals surface area contributed by atoms with E-state index in [1.807, 2.05) is 0 Å². The predicted octanol–water partition coefficient (Wildman–Crippen LogP) is 7.55. The summed E-state index contributed by atoms with van der Waals surface area (Å²) in [6.07, 6.45) is 23.9. The van der Waals surface area contributed by atoms with E-state index in [0.29, 0.717) is 23.2 Å². The van der Waals surface area contributed by atoms with Crippen molar-refractivity contribution in [3.05, 3.63) is 24.3 Å². The summed E-state index contributed by atoms with van der Waals surface area (Å²) in [6.45, 7) is 9.77. The first kappa shape index (κ1) is 21.7. The molecule has 8 atom stereocenters. The fourth-order valence-electron chi connectivity index (χ4n) is 8.15. The monoisotopic (exact) mass is 398 g/mol. The summed E-state index contributed by atoms with van der Waals surface area (Å²) in [5.74, 6) is 4.74. The van der Waals surface area contributed by atoms with Crippen molar-refractivity contribution >= 4 is 0 Å². The molecule has 164 valence electrons. The molecule has 0 aliphatic heterocycles. The van der Waals surface area contributed by atoms with E-state index in [1.54, 1.807) is 0 Å². The number of fused-ring (bicyclic) bond motifs is 4. The van der Waals surface area contributed by atoms with Crippen molar-refractivity contribution in [1.82, 2.24) is 0 Å². The molecule has 0 aromatic carbocycles. The van der Waals surface area contributed by atoms with Gasteiger partial charge in [0.25, 0.3) is 0 Å². The Labute approximate surface area is 180 Å². The third-order valence-corrected chi connectivity index (χ3v) is 9.86. The zero-order valence-electron chi connectivity index (χ0n) is 19.6. The predicted molar refractivity (Wildman–Crippen MR) is 124 cm³/mol. The minimum absolute atomic E-state index is 0.327. The highest BCUT2D eigenvalue weighted by Crippen LogP contribution is 2.63. The van der Waals surface area contributed by atoms with Gasteiger partial charge in [-0.2, -0.15) is 0 Å². The van der Waals surface area contributed by atoms with Crippen LogP contribution in [-0.2, 0) is 0 Å². The maximum absolute atomic E-state index is 12.2. The summed E-state index contributed by atoms with van der Waals surface area (Å²) in [5.41, 5.74) is -0.233. The molecule has 4 aliphatic carbocycles. The minimum atomic E-state index is -0.560. The number of allylic oxidation sites excluding steroid dienone is 3. The Bertz CT molecular complexity index is 618. The molecule has 2 saturated carbocycles. The van der Waals surface area contributed by atoms with Crippen LogP contribution in [-0.4, -0.2) is 10.7 Å². The fourth-order valence-corrected chi connectivity index (χ4v) is 8.15. The molecule has 29 heavy (non-hydrogen) atoms. The largest absolute Gasteiger partial charge is 0.385 e. The van der Waals surface area contributed by atoms with E-state index >= 15 is 0 Å². The molecule has 2 fully saturated rings. The van der Waals surface area contributed by atoms with Gasteiger partial charge in [-0.1, -0.05) is 71.3 Å². The maximum atomic E-state index is 12.2. The highest BCUT2D eigenvalue weighted by molar-refractivity contribution is 5.21. The van der Waals surface area contributed by atoms with Gasteiger partial charge < -0.3 is 5.11 Å². The Morgan fingerprint density at radius 1 is 0.966 bits per heavy atom. The standard InChI is InChI=1S/C28H46O/c1-20(2)8-7-9-21(3)25-14-15-26-27(25,4)18-17-24-13-12-22-10-5-6-11-23(22)16-19-28(24,26)29/h6,11,16,19-26,29H,5,7-10,12-15,17-18H2,1-4H3/b19-16-/t21-,22?,23+,24-,25-,26-,27-,28+/m1/s1. The van der Waals surface area contributed by atoms with E-state index in [-0.39, 0.29) is 0 Å². The summed E-state index contributed by atoms with van der Waals surface area (Å²) < 4.78 is 0. The Kier molecular flexibility index (Phi) is 6.37. The fraction of sp³-hybridized carbons (Fsp3) is 0.857. The Hall–Kier alpha value is -0.560. The Balaban J connectivity index is 1.53. The Morgan fingerprint density at radius 2 is 1.79 bits per heavy atom. The molecule has 0 amide bonds. The van der Waals surface area contributed by atoms with Crippen LogP contribution in [0.2, 0.25) is 0 Å². The average Bonchev–Trinajstić information content (AvgIpc) is 3.03. The van der Waals surface area contributed by atoms with Crippen molar-refractivity contribution in [2.75, 3.05) is 0 Å². The van der Waals surface area contributed by atoms with Gasteiger partial charge in [-0.05, 0) is 98.2 Å². The lowest BCUT2D eigenvalue weighted by atomic mass is 9.53. The van der Waals surface area contributed by atoms with Crippen LogP contribution in [0.5, 0.6) is 0 Å². The van der Waals surface area contributed by atoms with Gasteiger partial charge in [0, 0.05) is 0 Å². The molecule has 1 N–H and O–H groups in total. The van der Waals surface area contributed by atoms with Crippen molar-refractivity contribution in [3.63, 3.8) is 0 Å². The van der Waals surface area contributed by atoms with E-state index in [1.165, 1.54) is 70.6 Å². The van der Waals surface area contributed by atoms with Crippen LogP contribution in [0.3, 0.4) is 0 Å². The molecule has 0 aromatic rings. The summed E-state index contributed by atoms with van der Waals surface area (Å²) in [6, 6.07) is 0. The number of aliphatic hydroxyl groups is 1. The lowest BCUT2D eigenvalue weighted by Gasteiger charge is -2.54. The van der Waals surface area contributed by atoms with Crippen LogP contribution < -0.4 is 0 Å². The first-order valence-corrected chi connectivity index (χ1v) is 12.9. The molecule has 0 heterocycles. The second kappa shape index (κ2) is 8.52. The maximum Gasteiger partial charge on any atom is 0.0889 e. The molecule has 4 rings (SSSR count). The SMILES string of the molecule is CC(C)CCC[C@@H](C)[C@H]1CC[C@H]2[C@]3(O)/C=C\[C@@H]4C=CCCC4CC[C@@H]3CC[C@]12C. The number of hydrogen-bond donors (Lipinski definition) is 1. The lowest BCUT2D eigenvalue weighted by Crippen LogP contribution is -2.54. The topological polar surface area (TPSA) is 20.2 Å². The van der Waals surface area contributed by atoms with Gasteiger partial charge in [0.1, 0.15) is 0 Å². The van der Waals surface area contributed by atoms with Gasteiger partial charge in [-0.15, -0.1) is 0 Å². The van der Waals surface area contributed by atoms with E-state index < -0.39 is 5.60 Å². The third kappa shape index (κ3) is 4.02. The highest BCUT2D eigenvalue weighted by Gasteiger charge is 2.60. The zero-order valence-corrected chi connectivity index (χ0v) is 19.6. The molecule has 1 unspecified atom stereocenters. The van der Waals surface area contributed by atoms with Gasteiger partial charge in [0.05, 0.1) is 5.60 Å². The van der Waals surface area contributed by atoms with Crippen LogP contribution in [0.4, 0.5) is 0 Å². The molecule has 0 spiro atoms. The van der Waals surface area contributed by atoms with Crippen molar-refractivity contribution in [2.45, 2.75) is 104 Å². The van der Waals surface area contributed by atoms with E-state index in [0.717, 1.165) is 23.7 Å². The summed E-state index contributed by atoms with van der Waals surface area (Å²) in [4.78, 5) is 0. The van der Waals surface area contributed by atoms with Crippen LogP contribution >= 0.6 is 0 Å². The van der Waals surface area contributed by atoms with Gasteiger partial charge in [-0.3, -0.25) is 0 Å². The van der Waals surface area contributed by atoms with E-state index in [4.69, 9.17) is 0 Å². The molecule has 0 bridgehead atoms. The molecule has 4 aliphatic rings. The van der Waals surface area contributed by atoms with Gasteiger partial charge >= 0.3 is 0 Å². The quantitative estimate of drug-likeness (QED) is 0.474. The van der Waals surface area contributed by atoms with Gasteiger partial charge in [0.15, 0.2) is 0 Å². The normalized spacial score (nSPS) is 46.3. The minimum Gasteiger partial charge on any atom is -0.385 e. The van der Waals surface area contributed by atoms with Crippen LogP contribution in [0, 0.1) is 46.8 Å². The zero-order chi connectivity index (χ0) is 20.6. The first-order chi connectivity index (χ1) is 13.8. The molecule has 1 heteroatoms. The molecular weight excluding hydrogens is 352 g/mol. The smallest absolute Gasteiger partial charge is 0.0889 e. The van der Waals surface area contributed by atoms with Crippen LogP contribution in [0.25, 0.3) is 0 Å². The number of rotatable bonds is 5. The van der Waals surface area contributed by atoms with E-state index in [2.05, 4.69) is 52.0 Å². The average molecular weight is 399 g/mol. The number of hydrogen-bond acceptors (Lipinski definition) is 1. The third-order valence-electron chi connectivity index (χ3n) is 9.86. The van der Waals surface area contributed by atoms with Crippen molar-refractivity contribution < 1.29 is 5.11 Å². The van der Waals surface area contributed by atoms with E-state index in [9.17, 15) is 5.11 Å². The lowest BCUT2D eigenvalue weighted by molar-refractivity contribution is -0.120. The highest BCUT2D eigenvalue weighted by atomic mass is 16.3. The van der Waals surface area contributed by atoms with Gasteiger partial charge in [0.2, 0.25) is 0 Å². The van der Waals surface area contributed by atoms with Crippen LogP contribution in [0.15, 0.2) is 24.3 Å². The van der Waals surface area contributed by atoms with Gasteiger partial charge in [-0.25, -0.2) is 0 Å². The summed E-state index contributed by atoms with van der Waals surface area (Å²) in [5, 5.41) is 12.2. The second-order valence-electron chi connectivity index (χ2n) is 11.9. The Morgan fingerprint density at radius 3 is 2.59 bits per heavy atom. The van der Waals surface area contributed by atoms with Crippen molar-refractivity contribution in [3.8, 4) is 0 Å². The molecule has 0 radical (unpaired) electrons. The van der Waals surface area contributed by atoms with Crippen LogP contribution in [0.1, 0.15) is 98.3 Å². The summed E-state index contributed by atoms with van der Waals surface area (Å²) >= 11 is 0. The molecule has 0 saturated heterocycles. The first-order valence-electron chi connectivity index (χ1n) is 12.9. The second-order valence-corrected chi connectivity index (χ2v) is 11.9. The molecule has 1 nitrogen and oxygen atoms in total. The van der Waals surface area contributed by atoms with Crippen molar-refractivity contribution in [1.29, 1.82) is 0 Å².